The van der Waals surface area contributed by atoms with Crippen LogP contribution in [0.3, 0.4) is 0 Å². The van der Waals surface area contributed by atoms with E-state index < -0.39 is 15.8 Å². The lowest BCUT2D eigenvalue weighted by Gasteiger charge is -2.34. The van der Waals surface area contributed by atoms with Gasteiger partial charge in [0.05, 0.1) is 17.1 Å². The minimum Gasteiger partial charge on any atom is -0.373 e. The van der Waals surface area contributed by atoms with Crippen LogP contribution in [0.15, 0.2) is 17.0 Å². The average molecular weight is 316 g/mol. The van der Waals surface area contributed by atoms with Crippen molar-refractivity contribution in [3.63, 3.8) is 0 Å². The van der Waals surface area contributed by atoms with E-state index in [0.29, 0.717) is 13.1 Å². The van der Waals surface area contributed by atoms with Crippen molar-refractivity contribution in [1.82, 2.24) is 4.31 Å². The first kappa shape index (κ1) is 16.4. The summed E-state index contributed by atoms with van der Waals surface area (Å²) in [5, 5.41) is 0. The van der Waals surface area contributed by atoms with Crippen LogP contribution in [0.2, 0.25) is 0 Å². The summed E-state index contributed by atoms with van der Waals surface area (Å²) in [5.41, 5.74) is 5.98. The van der Waals surface area contributed by atoms with Crippen molar-refractivity contribution in [2.75, 3.05) is 13.1 Å². The van der Waals surface area contributed by atoms with E-state index in [2.05, 4.69) is 0 Å². The van der Waals surface area contributed by atoms with Crippen molar-refractivity contribution in [3.05, 3.63) is 29.1 Å². The zero-order chi connectivity index (χ0) is 15.8. The van der Waals surface area contributed by atoms with Crippen LogP contribution in [-0.2, 0) is 21.3 Å². The van der Waals surface area contributed by atoms with Crippen molar-refractivity contribution >= 4 is 10.0 Å². The third-order valence-corrected chi connectivity index (χ3v) is 5.36. The van der Waals surface area contributed by atoms with Gasteiger partial charge in [-0.3, -0.25) is 0 Å². The Balaban J connectivity index is 2.42. The second-order valence-electron chi connectivity index (χ2n) is 5.50. The Morgan fingerprint density at radius 3 is 2.43 bits per heavy atom. The van der Waals surface area contributed by atoms with E-state index in [4.69, 9.17) is 10.5 Å². The van der Waals surface area contributed by atoms with E-state index in [-0.39, 0.29) is 34.8 Å². The van der Waals surface area contributed by atoms with Crippen molar-refractivity contribution in [2.24, 2.45) is 5.73 Å². The van der Waals surface area contributed by atoms with Gasteiger partial charge in [0, 0.05) is 25.2 Å². The summed E-state index contributed by atoms with van der Waals surface area (Å²) < 4.78 is 46.2. The number of morpholine rings is 1. The Hall–Kier alpha value is -1.02. The summed E-state index contributed by atoms with van der Waals surface area (Å²) in [6, 6.07) is 2.68. The van der Waals surface area contributed by atoms with Gasteiger partial charge in [0.2, 0.25) is 10.0 Å². The van der Waals surface area contributed by atoms with Gasteiger partial charge in [-0.25, -0.2) is 12.8 Å². The largest absolute Gasteiger partial charge is 0.373 e. The molecule has 0 spiro atoms. The zero-order valence-corrected chi connectivity index (χ0v) is 13.3. The fourth-order valence-electron chi connectivity index (χ4n) is 2.58. The maximum absolute atomic E-state index is 13.8. The van der Waals surface area contributed by atoms with Crippen LogP contribution in [0, 0.1) is 12.7 Å². The average Bonchev–Trinajstić information content (AvgIpc) is 2.40. The standard InChI is InChI=1S/C14H21FN2O3S/c1-9-4-13(5-12(6-16)14(9)15)21(18,19)17-7-10(2)20-11(3)8-17/h4-5,10-11H,6-8,16H2,1-3H3. The first-order chi connectivity index (χ1) is 9.75. The number of hydrogen-bond donors (Lipinski definition) is 1. The van der Waals surface area contributed by atoms with E-state index in [1.54, 1.807) is 0 Å². The minimum absolute atomic E-state index is 0.0358. The lowest BCUT2D eigenvalue weighted by molar-refractivity contribution is -0.0440. The molecule has 5 nitrogen and oxygen atoms in total. The first-order valence-corrected chi connectivity index (χ1v) is 8.34. The minimum atomic E-state index is -3.67. The van der Waals surface area contributed by atoms with Gasteiger partial charge < -0.3 is 10.5 Å². The molecule has 1 aliphatic heterocycles. The van der Waals surface area contributed by atoms with Gasteiger partial charge in [-0.2, -0.15) is 4.31 Å². The lowest BCUT2D eigenvalue weighted by atomic mass is 10.1. The Bertz CT molecular complexity index is 623. The normalized spacial score (nSPS) is 24.2. The molecular formula is C14H21FN2O3S. The number of sulfonamides is 1. The summed E-state index contributed by atoms with van der Waals surface area (Å²) in [4.78, 5) is 0.0863. The van der Waals surface area contributed by atoms with Crippen LogP contribution in [0.25, 0.3) is 0 Å². The maximum Gasteiger partial charge on any atom is 0.243 e. The lowest BCUT2D eigenvalue weighted by Crippen LogP contribution is -2.48. The Morgan fingerprint density at radius 1 is 1.33 bits per heavy atom. The molecule has 2 N–H and O–H groups in total. The van der Waals surface area contributed by atoms with Gasteiger partial charge in [-0.1, -0.05) is 0 Å². The number of ether oxygens (including phenoxy) is 1. The van der Waals surface area contributed by atoms with Crippen LogP contribution < -0.4 is 5.73 Å². The number of rotatable bonds is 3. The topological polar surface area (TPSA) is 72.6 Å². The highest BCUT2D eigenvalue weighted by Crippen LogP contribution is 2.24. The van der Waals surface area contributed by atoms with Crippen LogP contribution in [0.5, 0.6) is 0 Å². The molecule has 2 rings (SSSR count). The fourth-order valence-corrected chi connectivity index (χ4v) is 4.31. The maximum atomic E-state index is 13.8. The van der Waals surface area contributed by atoms with Crippen molar-refractivity contribution in [3.8, 4) is 0 Å². The number of benzene rings is 1. The molecule has 7 heteroatoms. The summed E-state index contributed by atoms with van der Waals surface area (Å²) >= 11 is 0. The molecular weight excluding hydrogens is 295 g/mol. The molecule has 0 radical (unpaired) electrons. The van der Waals surface area contributed by atoms with E-state index in [1.165, 1.54) is 23.4 Å². The van der Waals surface area contributed by atoms with Gasteiger partial charge in [0.15, 0.2) is 0 Å². The highest BCUT2D eigenvalue weighted by atomic mass is 32.2. The third kappa shape index (κ3) is 3.26. The number of hydrogen-bond acceptors (Lipinski definition) is 4. The Labute approximate surface area is 124 Å². The van der Waals surface area contributed by atoms with Crippen LogP contribution in [0.4, 0.5) is 4.39 Å². The number of nitrogens with zero attached hydrogens (tertiary/aromatic N) is 1. The molecule has 0 bridgehead atoms. The molecule has 0 saturated carbocycles. The van der Waals surface area contributed by atoms with E-state index >= 15 is 0 Å². The number of nitrogens with two attached hydrogens (primary N) is 1. The molecule has 0 amide bonds. The van der Waals surface area contributed by atoms with Crippen LogP contribution in [0.1, 0.15) is 25.0 Å². The van der Waals surface area contributed by atoms with Gasteiger partial charge in [-0.15, -0.1) is 0 Å². The molecule has 1 aliphatic rings. The molecule has 1 fully saturated rings. The molecule has 0 aliphatic carbocycles. The first-order valence-electron chi connectivity index (χ1n) is 6.90. The van der Waals surface area contributed by atoms with Crippen molar-refractivity contribution in [2.45, 2.75) is 44.4 Å². The highest BCUT2D eigenvalue weighted by molar-refractivity contribution is 7.89. The SMILES string of the molecule is Cc1cc(S(=O)(=O)N2CC(C)OC(C)C2)cc(CN)c1F. The van der Waals surface area contributed by atoms with E-state index in [0.717, 1.165) is 0 Å². The Morgan fingerprint density at radius 2 is 1.90 bits per heavy atom. The second-order valence-corrected chi connectivity index (χ2v) is 7.43. The zero-order valence-electron chi connectivity index (χ0n) is 12.5. The van der Waals surface area contributed by atoms with Gasteiger partial charge in [-0.05, 0) is 38.5 Å². The van der Waals surface area contributed by atoms with E-state index in [1.807, 2.05) is 13.8 Å². The summed E-state index contributed by atoms with van der Waals surface area (Å²) in [6.45, 7) is 5.75. The molecule has 1 aromatic carbocycles. The molecule has 0 aromatic heterocycles. The summed E-state index contributed by atoms with van der Waals surface area (Å²) in [6.07, 6.45) is -0.335. The second kappa shape index (κ2) is 6.00. The molecule has 1 saturated heterocycles. The molecule has 1 heterocycles. The monoisotopic (exact) mass is 316 g/mol. The molecule has 2 unspecified atom stereocenters. The summed E-state index contributed by atoms with van der Waals surface area (Å²) in [7, 11) is -3.67. The van der Waals surface area contributed by atoms with Crippen LogP contribution in [-0.4, -0.2) is 38.0 Å². The molecule has 21 heavy (non-hydrogen) atoms. The third-order valence-electron chi connectivity index (χ3n) is 3.55. The van der Waals surface area contributed by atoms with Gasteiger partial charge >= 0.3 is 0 Å². The van der Waals surface area contributed by atoms with Gasteiger partial charge in [0.25, 0.3) is 0 Å². The van der Waals surface area contributed by atoms with Crippen molar-refractivity contribution < 1.29 is 17.5 Å². The summed E-state index contributed by atoms with van der Waals surface area (Å²) in [5.74, 6) is -0.444. The van der Waals surface area contributed by atoms with Crippen molar-refractivity contribution in [1.29, 1.82) is 0 Å². The fraction of sp³-hybridized carbons (Fsp3) is 0.571. The van der Waals surface area contributed by atoms with E-state index in [9.17, 15) is 12.8 Å². The predicted molar refractivity (Wildman–Crippen MR) is 77.8 cm³/mol. The molecule has 2 atom stereocenters. The number of aryl methyl sites for hydroxylation is 1. The van der Waals surface area contributed by atoms with Gasteiger partial charge in [0.1, 0.15) is 5.82 Å². The Kier molecular flexibility index (Phi) is 4.67. The molecule has 118 valence electrons. The highest BCUT2D eigenvalue weighted by Gasteiger charge is 2.32. The number of halogens is 1. The van der Waals surface area contributed by atoms with Crippen LogP contribution >= 0.6 is 0 Å². The smallest absolute Gasteiger partial charge is 0.243 e. The quantitative estimate of drug-likeness (QED) is 0.914. The molecule has 1 aromatic rings. The predicted octanol–water partition coefficient (Wildman–Crippen LogP) is 1.39.